The molecule has 0 saturated carbocycles. The van der Waals surface area contributed by atoms with Crippen molar-refractivity contribution < 1.29 is 14.3 Å². The third-order valence-corrected chi connectivity index (χ3v) is 5.01. The van der Waals surface area contributed by atoms with E-state index in [1.54, 1.807) is 0 Å². The van der Waals surface area contributed by atoms with Gasteiger partial charge in [0.25, 0.3) is 5.91 Å². The van der Waals surface area contributed by atoms with Crippen molar-refractivity contribution in [3.63, 3.8) is 0 Å². The molecule has 142 valence electrons. The van der Waals surface area contributed by atoms with E-state index in [1.807, 2.05) is 48.5 Å². The van der Waals surface area contributed by atoms with Crippen LogP contribution in [0.2, 0.25) is 0 Å². The topological polar surface area (TPSA) is 54.0 Å². The lowest BCUT2D eigenvalue weighted by Crippen LogP contribution is -2.36. The lowest BCUT2D eigenvalue weighted by Gasteiger charge is -2.29. The first-order valence-electron chi connectivity index (χ1n) is 9.46. The number of carbonyl (C=O) groups is 1. The van der Waals surface area contributed by atoms with E-state index in [-0.39, 0.29) is 5.91 Å². The molecule has 27 heavy (non-hydrogen) atoms. The minimum Gasteiger partial charge on any atom is -0.378 e. The van der Waals surface area contributed by atoms with Crippen LogP contribution in [0.15, 0.2) is 48.5 Å². The van der Waals surface area contributed by atoms with Crippen molar-refractivity contribution in [2.24, 2.45) is 0 Å². The van der Waals surface area contributed by atoms with Crippen molar-refractivity contribution in [1.29, 1.82) is 0 Å². The number of ether oxygens (including phenoxy) is 2. The fraction of sp³-hybridized carbons (Fsp3) is 0.381. The smallest absolute Gasteiger partial charge is 0.255 e. The molecule has 1 N–H and O–H groups in total. The molecule has 0 atom stereocenters. The summed E-state index contributed by atoms with van der Waals surface area (Å²) >= 11 is 0. The molecule has 6 nitrogen and oxygen atoms in total. The zero-order chi connectivity index (χ0) is 18.5. The van der Waals surface area contributed by atoms with Gasteiger partial charge in [0, 0.05) is 48.8 Å². The molecule has 2 aromatic carbocycles. The predicted octanol–water partition coefficient (Wildman–Crippen LogP) is 2.61. The van der Waals surface area contributed by atoms with Gasteiger partial charge in [-0.2, -0.15) is 0 Å². The van der Waals surface area contributed by atoms with Crippen LogP contribution in [0.25, 0.3) is 0 Å². The Morgan fingerprint density at radius 2 is 1.15 bits per heavy atom. The molecule has 0 spiro atoms. The third-order valence-electron chi connectivity index (χ3n) is 5.01. The van der Waals surface area contributed by atoms with E-state index >= 15 is 0 Å². The Morgan fingerprint density at radius 1 is 0.704 bits per heavy atom. The van der Waals surface area contributed by atoms with Crippen LogP contribution in [0.1, 0.15) is 10.4 Å². The molecular weight excluding hydrogens is 342 g/mol. The number of morpholine rings is 2. The second kappa shape index (κ2) is 8.41. The van der Waals surface area contributed by atoms with Crippen LogP contribution in [-0.2, 0) is 9.47 Å². The first-order chi connectivity index (χ1) is 13.3. The van der Waals surface area contributed by atoms with Crippen molar-refractivity contribution in [2.45, 2.75) is 0 Å². The maximum absolute atomic E-state index is 12.5. The highest BCUT2D eigenvalue weighted by Gasteiger charge is 2.13. The Kier molecular flexibility index (Phi) is 5.55. The van der Waals surface area contributed by atoms with Gasteiger partial charge in [0.1, 0.15) is 0 Å². The van der Waals surface area contributed by atoms with Crippen molar-refractivity contribution >= 4 is 23.0 Å². The quantitative estimate of drug-likeness (QED) is 0.900. The van der Waals surface area contributed by atoms with Gasteiger partial charge in [-0.25, -0.2) is 0 Å². The van der Waals surface area contributed by atoms with Crippen LogP contribution in [0.5, 0.6) is 0 Å². The molecule has 0 aliphatic carbocycles. The lowest BCUT2D eigenvalue weighted by molar-refractivity contribution is 0.102. The summed E-state index contributed by atoms with van der Waals surface area (Å²) in [5.74, 6) is -0.0948. The third kappa shape index (κ3) is 4.40. The molecular formula is C21H25N3O3. The van der Waals surface area contributed by atoms with Gasteiger partial charge in [-0.05, 0) is 48.5 Å². The molecule has 2 aromatic rings. The number of benzene rings is 2. The fourth-order valence-electron chi connectivity index (χ4n) is 3.43. The summed E-state index contributed by atoms with van der Waals surface area (Å²) in [4.78, 5) is 17.1. The average molecular weight is 367 g/mol. The van der Waals surface area contributed by atoms with Gasteiger partial charge in [0.15, 0.2) is 0 Å². The predicted molar refractivity (Wildman–Crippen MR) is 107 cm³/mol. The molecule has 2 saturated heterocycles. The summed E-state index contributed by atoms with van der Waals surface area (Å²) in [6.07, 6.45) is 0. The van der Waals surface area contributed by atoms with E-state index in [0.717, 1.165) is 69.7 Å². The van der Waals surface area contributed by atoms with Gasteiger partial charge in [-0.1, -0.05) is 0 Å². The highest BCUT2D eigenvalue weighted by atomic mass is 16.5. The molecule has 4 rings (SSSR count). The lowest BCUT2D eigenvalue weighted by atomic mass is 10.1. The van der Waals surface area contributed by atoms with Crippen LogP contribution >= 0.6 is 0 Å². The average Bonchev–Trinajstić information content (AvgIpc) is 2.76. The second-order valence-corrected chi connectivity index (χ2v) is 6.75. The SMILES string of the molecule is O=C(Nc1ccc(N2CCOCC2)cc1)c1ccc(N2CCOCC2)cc1. The summed E-state index contributed by atoms with van der Waals surface area (Å²) in [5, 5.41) is 2.97. The van der Waals surface area contributed by atoms with Gasteiger partial charge in [0.2, 0.25) is 0 Å². The molecule has 0 bridgehead atoms. The van der Waals surface area contributed by atoms with E-state index in [1.165, 1.54) is 0 Å². The Bertz CT molecular complexity index is 749. The van der Waals surface area contributed by atoms with Crippen molar-refractivity contribution in [2.75, 3.05) is 67.7 Å². The molecule has 0 radical (unpaired) electrons. The minimum absolute atomic E-state index is 0.0948. The fourth-order valence-corrected chi connectivity index (χ4v) is 3.43. The number of hydrogen-bond acceptors (Lipinski definition) is 5. The zero-order valence-electron chi connectivity index (χ0n) is 15.4. The van der Waals surface area contributed by atoms with E-state index in [0.29, 0.717) is 5.56 Å². The monoisotopic (exact) mass is 367 g/mol. The van der Waals surface area contributed by atoms with Gasteiger partial charge in [-0.15, -0.1) is 0 Å². The Balaban J connectivity index is 1.36. The zero-order valence-corrected chi connectivity index (χ0v) is 15.4. The molecule has 2 fully saturated rings. The molecule has 6 heteroatoms. The number of nitrogens with one attached hydrogen (secondary N) is 1. The van der Waals surface area contributed by atoms with Crippen LogP contribution < -0.4 is 15.1 Å². The van der Waals surface area contributed by atoms with Gasteiger partial charge < -0.3 is 24.6 Å². The minimum atomic E-state index is -0.0948. The first-order valence-corrected chi connectivity index (χ1v) is 9.46. The molecule has 0 unspecified atom stereocenters. The van der Waals surface area contributed by atoms with Gasteiger partial charge in [0.05, 0.1) is 26.4 Å². The number of hydrogen-bond donors (Lipinski definition) is 1. The maximum atomic E-state index is 12.5. The highest BCUT2D eigenvalue weighted by Crippen LogP contribution is 2.21. The molecule has 2 aliphatic rings. The summed E-state index contributed by atoms with van der Waals surface area (Å²) in [6.45, 7) is 6.62. The van der Waals surface area contributed by atoms with Gasteiger partial charge >= 0.3 is 0 Å². The number of nitrogens with zero attached hydrogens (tertiary/aromatic N) is 2. The van der Waals surface area contributed by atoms with Crippen molar-refractivity contribution in [1.82, 2.24) is 0 Å². The van der Waals surface area contributed by atoms with Crippen molar-refractivity contribution in [3.8, 4) is 0 Å². The summed E-state index contributed by atoms with van der Waals surface area (Å²) in [5.41, 5.74) is 3.74. The summed E-state index contributed by atoms with van der Waals surface area (Å²) < 4.78 is 10.8. The van der Waals surface area contributed by atoms with E-state index in [9.17, 15) is 4.79 Å². The first kappa shape index (κ1) is 17.8. The second-order valence-electron chi connectivity index (χ2n) is 6.75. The van der Waals surface area contributed by atoms with Crippen molar-refractivity contribution in [3.05, 3.63) is 54.1 Å². The largest absolute Gasteiger partial charge is 0.378 e. The number of anilines is 3. The Labute approximate surface area is 159 Å². The normalized spacial score (nSPS) is 17.6. The summed E-state index contributed by atoms with van der Waals surface area (Å²) in [7, 11) is 0. The maximum Gasteiger partial charge on any atom is 0.255 e. The Morgan fingerprint density at radius 3 is 1.63 bits per heavy atom. The molecule has 1 amide bonds. The molecule has 2 aliphatic heterocycles. The van der Waals surface area contributed by atoms with Crippen LogP contribution in [0, 0.1) is 0 Å². The standard InChI is InChI=1S/C21H25N3O3/c25-21(17-1-5-19(6-2-17)23-9-13-26-14-10-23)22-18-3-7-20(8-4-18)24-11-15-27-16-12-24/h1-8H,9-16H2,(H,22,25). The van der Waals surface area contributed by atoms with Crippen LogP contribution in [-0.4, -0.2) is 58.5 Å². The molecule has 2 heterocycles. The van der Waals surface area contributed by atoms with Crippen LogP contribution in [0.3, 0.4) is 0 Å². The molecule has 0 aromatic heterocycles. The number of amides is 1. The Hall–Kier alpha value is -2.57. The van der Waals surface area contributed by atoms with E-state index < -0.39 is 0 Å². The number of carbonyl (C=O) groups excluding carboxylic acids is 1. The van der Waals surface area contributed by atoms with Gasteiger partial charge in [-0.3, -0.25) is 4.79 Å². The van der Waals surface area contributed by atoms with Crippen LogP contribution in [0.4, 0.5) is 17.1 Å². The van der Waals surface area contributed by atoms with E-state index in [2.05, 4.69) is 15.1 Å². The summed E-state index contributed by atoms with van der Waals surface area (Å²) in [6, 6.07) is 15.7. The van der Waals surface area contributed by atoms with E-state index in [4.69, 9.17) is 9.47 Å². The number of rotatable bonds is 4. The highest BCUT2D eigenvalue weighted by molar-refractivity contribution is 6.04.